The molecule has 3 N–H and O–H groups in total. The van der Waals surface area contributed by atoms with Crippen molar-refractivity contribution in [1.29, 1.82) is 0 Å². The predicted octanol–water partition coefficient (Wildman–Crippen LogP) is 3.70. The first kappa shape index (κ1) is 15.4. The molecule has 6 nitrogen and oxygen atoms in total. The topological polar surface area (TPSA) is 109 Å². The molecular weight excluding hydrogens is 330 g/mol. The molecule has 1 aliphatic rings. The lowest BCUT2D eigenvalue weighted by atomic mass is 9.77. The first-order chi connectivity index (χ1) is 12.6. The van der Waals surface area contributed by atoms with Gasteiger partial charge in [-0.3, -0.25) is 0 Å². The molecule has 0 saturated carbocycles. The molecule has 4 aromatic rings. The van der Waals surface area contributed by atoms with E-state index in [4.69, 9.17) is 5.53 Å². The molecule has 0 aromatic heterocycles. The first-order valence-electron chi connectivity index (χ1n) is 8.40. The highest BCUT2D eigenvalue weighted by Crippen LogP contribution is 2.46. The van der Waals surface area contributed by atoms with Gasteiger partial charge in [-0.05, 0) is 55.0 Å². The van der Waals surface area contributed by atoms with Crippen molar-refractivity contribution in [2.75, 3.05) is 0 Å². The summed E-state index contributed by atoms with van der Waals surface area (Å²) in [5.41, 5.74) is 10.0. The zero-order chi connectivity index (χ0) is 18.0. The van der Waals surface area contributed by atoms with Gasteiger partial charge < -0.3 is 15.3 Å². The normalized spacial score (nSPS) is 25.5. The molecule has 5 rings (SSSR count). The molecule has 0 unspecified atom stereocenters. The number of aliphatic hydroxyl groups is 3. The van der Waals surface area contributed by atoms with Crippen molar-refractivity contribution in [3.8, 4) is 0 Å². The standard InChI is InChI=1S/C20H15N3O3/c21-23-22-17-16-12-7-6-10-3-1-2-9-4-5-11(15(12)14(9)10)8-13(16)18(24)20(26)19(17)25/h1-8,17-20,24-26H/t17-,18+,19+,20-/m1/s1. The van der Waals surface area contributed by atoms with Crippen LogP contribution in [0.25, 0.3) is 42.8 Å². The van der Waals surface area contributed by atoms with Crippen molar-refractivity contribution in [2.45, 2.75) is 24.4 Å². The van der Waals surface area contributed by atoms with Crippen LogP contribution in [0.15, 0.2) is 53.6 Å². The lowest BCUT2D eigenvalue weighted by Gasteiger charge is -2.36. The fourth-order valence-electron chi connectivity index (χ4n) is 4.34. The Labute approximate surface area is 147 Å². The van der Waals surface area contributed by atoms with Gasteiger partial charge in [0.2, 0.25) is 0 Å². The second-order valence-corrected chi connectivity index (χ2v) is 6.81. The van der Waals surface area contributed by atoms with Gasteiger partial charge in [-0.15, -0.1) is 0 Å². The number of rotatable bonds is 1. The van der Waals surface area contributed by atoms with Crippen LogP contribution in [0, 0.1) is 0 Å². The molecule has 0 amide bonds. The molecule has 0 aliphatic heterocycles. The minimum Gasteiger partial charge on any atom is -0.390 e. The fourth-order valence-corrected chi connectivity index (χ4v) is 4.34. The molecule has 0 heterocycles. The predicted molar refractivity (Wildman–Crippen MR) is 99.0 cm³/mol. The van der Waals surface area contributed by atoms with E-state index in [1.54, 1.807) is 0 Å². The van der Waals surface area contributed by atoms with E-state index in [1.165, 1.54) is 0 Å². The summed E-state index contributed by atoms with van der Waals surface area (Å²) in [7, 11) is 0. The Morgan fingerprint density at radius 2 is 1.54 bits per heavy atom. The van der Waals surface area contributed by atoms with Crippen molar-refractivity contribution in [3.05, 3.63) is 70.1 Å². The number of aliphatic hydroxyl groups excluding tert-OH is 3. The summed E-state index contributed by atoms with van der Waals surface area (Å²) in [4.78, 5) is 2.85. The van der Waals surface area contributed by atoms with Crippen LogP contribution in [0.5, 0.6) is 0 Å². The number of hydrogen-bond donors (Lipinski definition) is 3. The van der Waals surface area contributed by atoms with E-state index in [-0.39, 0.29) is 0 Å². The molecule has 4 aromatic carbocycles. The maximum absolute atomic E-state index is 10.5. The Bertz CT molecular complexity index is 1200. The van der Waals surface area contributed by atoms with Gasteiger partial charge in [0.05, 0.1) is 12.1 Å². The third kappa shape index (κ3) is 1.84. The van der Waals surface area contributed by atoms with Crippen LogP contribution >= 0.6 is 0 Å². The molecule has 0 bridgehead atoms. The van der Waals surface area contributed by atoms with Gasteiger partial charge in [0.15, 0.2) is 0 Å². The molecule has 26 heavy (non-hydrogen) atoms. The van der Waals surface area contributed by atoms with E-state index in [1.807, 2.05) is 48.5 Å². The van der Waals surface area contributed by atoms with E-state index in [0.29, 0.717) is 11.1 Å². The van der Waals surface area contributed by atoms with Crippen molar-refractivity contribution < 1.29 is 15.3 Å². The Balaban J connectivity index is 2.00. The molecule has 0 fully saturated rings. The van der Waals surface area contributed by atoms with E-state index in [2.05, 4.69) is 10.0 Å². The minimum absolute atomic E-state index is 0.492. The van der Waals surface area contributed by atoms with Gasteiger partial charge in [0, 0.05) is 4.91 Å². The van der Waals surface area contributed by atoms with E-state index < -0.39 is 24.4 Å². The van der Waals surface area contributed by atoms with Crippen LogP contribution in [0.4, 0.5) is 0 Å². The second-order valence-electron chi connectivity index (χ2n) is 6.81. The zero-order valence-electron chi connectivity index (χ0n) is 13.6. The van der Waals surface area contributed by atoms with Crippen molar-refractivity contribution in [3.63, 3.8) is 0 Å². The van der Waals surface area contributed by atoms with Gasteiger partial charge in [0.1, 0.15) is 12.2 Å². The largest absolute Gasteiger partial charge is 0.390 e. The van der Waals surface area contributed by atoms with Crippen LogP contribution in [-0.2, 0) is 0 Å². The highest BCUT2D eigenvalue weighted by molar-refractivity contribution is 6.23. The SMILES string of the molecule is [N-]=[N+]=N[C@@H]1c2c(cc3ccc4cccc5ccc2c3c45)[C@H](O)[C@@H](O)[C@H]1O. The van der Waals surface area contributed by atoms with Crippen molar-refractivity contribution in [2.24, 2.45) is 5.11 Å². The number of nitrogens with zero attached hydrogens (tertiary/aromatic N) is 3. The van der Waals surface area contributed by atoms with Gasteiger partial charge in [-0.25, -0.2) is 0 Å². The highest BCUT2D eigenvalue weighted by Gasteiger charge is 2.41. The maximum atomic E-state index is 10.5. The Morgan fingerprint density at radius 3 is 2.27 bits per heavy atom. The van der Waals surface area contributed by atoms with Crippen LogP contribution < -0.4 is 0 Å². The fraction of sp³-hybridized carbons (Fsp3) is 0.200. The average Bonchev–Trinajstić information content (AvgIpc) is 2.67. The smallest absolute Gasteiger partial charge is 0.111 e. The maximum Gasteiger partial charge on any atom is 0.111 e. The molecule has 0 spiro atoms. The molecule has 6 heteroatoms. The summed E-state index contributed by atoms with van der Waals surface area (Å²) in [6.45, 7) is 0. The monoisotopic (exact) mass is 345 g/mol. The third-order valence-electron chi connectivity index (χ3n) is 5.51. The molecule has 4 atom stereocenters. The van der Waals surface area contributed by atoms with E-state index >= 15 is 0 Å². The van der Waals surface area contributed by atoms with Crippen LogP contribution in [0.3, 0.4) is 0 Å². The third-order valence-corrected chi connectivity index (χ3v) is 5.51. The van der Waals surface area contributed by atoms with E-state index in [9.17, 15) is 15.3 Å². The Morgan fingerprint density at radius 1 is 0.846 bits per heavy atom. The number of fused-ring (bicyclic) bond motifs is 2. The van der Waals surface area contributed by atoms with Crippen molar-refractivity contribution in [1.82, 2.24) is 0 Å². The summed E-state index contributed by atoms with van der Waals surface area (Å²) in [6.07, 6.45) is -4.02. The van der Waals surface area contributed by atoms with Gasteiger partial charge in [-0.2, -0.15) is 0 Å². The second kappa shape index (κ2) is 5.30. The summed E-state index contributed by atoms with van der Waals surface area (Å²) >= 11 is 0. The number of benzene rings is 4. The van der Waals surface area contributed by atoms with Crippen LogP contribution in [0.1, 0.15) is 23.3 Å². The van der Waals surface area contributed by atoms with Crippen LogP contribution in [-0.4, -0.2) is 27.5 Å². The van der Waals surface area contributed by atoms with Crippen LogP contribution in [0.2, 0.25) is 0 Å². The lowest BCUT2D eigenvalue weighted by molar-refractivity contribution is -0.0792. The molecule has 128 valence electrons. The van der Waals surface area contributed by atoms with Gasteiger partial charge >= 0.3 is 0 Å². The number of hydrogen-bond acceptors (Lipinski definition) is 4. The lowest BCUT2D eigenvalue weighted by Crippen LogP contribution is -2.41. The summed E-state index contributed by atoms with van der Waals surface area (Å²) in [5.74, 6) is 0. The minimum atomic E-state index is -1.41. The van der Waals surface area contributed by atoms with E-state index in [0.717, 1.165) is 32.3 Å². The summed E-state index contributed by atoms with van der Waals surface area (Å²) in [5, 5.41) is 40.9. The summed E-state index contributed by atoms with van der Waals surface area (Å²) in [6, 6.07) is 14.9. The van der Waals surface area contributed by atoms with Crippen molar-refractivity contribution >= 4 is 32.3 Å². The molecular formula is C20H15N3O3. The quantitative estimate of drug-likeness (QED) is 0.212. The first-order valence-corrected chi connectivity index (χ1v) is 8.40. The average molecular weight is 345 g/mol. The Kier molecular flexibility index (Phi) is 3.13. The molecule has 1 aliphatic carbocycles. The molecule has 0 radical (unpaired) electrons. The van der Waals surface area contributed by atoms with Gasteiger partial charge in [0.25, 0.3) is 0 Å². The summed E-state index contributed by atoms with van der Waals surface area (Å²) < 4.78 is 0. The highest BCUT2D eigenvalue weighted by atomic mass is 16.4. The molecule has 0 saturated heterocycles. The Hall–Kier alpha value is -2.89. The number of azide groups is 1. The zero-order valence-corrected chi connectivity index (χ0v) is 13.6. The van der Waals surface area contributed by atoms with Gasteiger partial charge in [-0.1, -0.05) is 47.6 Å².